The molecule has 0 unspecified atom stereocenters. The number of nitrogens with zero attached hydrogens (tertiary/aromatic N) is 3. The Bertz CT molecular complexity index is 900. The van der Waals surface area contributed by atoms with Gasteiger partial charge < -0.3 is 15.4 Å². The van der Waals surface area contributed by atoms with Gasteiger partial charge in [-0.2, -0.15) is 0 Å². The van der Waals surface area contributed by atoms with Gasteiger partial charge in [0.1, 0.15) is 22.9 Å². The van der Waals surface area contributed by atoms with Crippen molar-refractivity contribution < 1.29 is 9.53 Å². The van der Waals surface area contributed by atoms with Gasteiger partial charge in [0.25, 0.3) is 5.91 Å². The van der Waals surface area contributed by atoms with Gasteiger partial charge in [0, 0.05) is 18.8 Å². The van der Waals surface area contributed by atoms with Crippen molar-refractivity contribution in [2.45, 2.75) is 0 Å². The topological polar surface area (TPSA) is 72.9 Å². The number of carbonyl (C=O) groups excluding carboxylic acids is 1. The third kappa shape index (κ3) is 1.74. The van der Waals surface area contributed by atoms with E-state index in [0.29, 0.717) is 17.3 Å². The summed E-state index contributed by atoms with van der Waals surface area (Å²) in [6, 6.07) is 11.3. The van der Waals surface area contributed by atoms with Crippen molar-refractivity contribution >= 4 is 23.1 Å². The monoisotopic (exact) mass is 294 g/mol. The number of pyridine rings is 1. The van der Waals surface area contributed by atoms with Crippen molar-refractivity contribution in [3.63, 3.8) is 0 Å². The number of fused-ring (bicyclic) bond motifs is 2. The van der Waals surface area contributed by atoms with Gasteiger partial charge in [-0.1, -0.05) is 6.07 Å². The number of nitrogen functional groups attached to an aromatic ring is 1. The first-order valence-electron chi connectivity index (χ1n) is 6.91. The number of hydrogen-bond acceptors (Lipinski definition) is 4. The highest BCUT2D eigenvalue weighted by Crippen LogP contribution is 2.36. The van der Waals surface area contributed by atoms with E-state index in [1.54, 1.807) is 11.9 Å². The van der Waals surface area contributed by atoms with Crippen molar-refractivity contribution in [2.75, 3.05) is 24.3 Å². The molecule has 0 spiro atoms. The lowest BCUT2D eigenvalue weighted by Gasteiger charge is -2.26. The number of likely N-dealkylation sites (N-methyl/N-ethyl adjacent to an activating group) is 1. The van der Waals surface area contributed by atoms with Gasteiger partial charge in [0.15, 0.2) is 6.61 Å². The van der Waals surface area contributed by atoms with Crippen LogP contribution in [-0.4, -0.2) is 28.9 Å². The zero-order valence-electron chi connectivity index (χ0n) is 12.0. The first kappa shape index (κ1) is 12.7. The summed E-state index contributed by atoms with van der Waals surface area (Å²) in [5.74, 6) is 1.18. The summed E-state index contributed by atoms with van der Waals surface area (Å²) >= 11 is 0. The predicted molar refractivity (Wildman–Crippen MR) is 83.9 cm³/mol. The molecule has 1 amide bonds. The number of aromatic nitrogens is 2. The fourth-order valence-electron chi connectivity index (χ4n) is 2.65. The van der Waals surface area contributed by atoms with Crippen molar-refractivity contribution in [3.05, 3.63) is 42.6 Å². The fourth-order valence-corrected chi connectivity index (χ4v) is 2.65. The number of carbonyl (C=O) groups is 1. The molecule has 0 aliphatic carbocycles. The normalized spacial score (nSPS) is 14.0. The molecule has 3 aromatic rings. The number of ether oxygens (including phenoxy) is 1. The highest BCUT2D eigenvalue weighted by molar-refractivity contribution is 5.98. The summed E-state index contributed by atoms with van der Waals surface area (Å²) in [6.07, 6.45) is 1.87. The van der Waals surface area contributed by atoms with E-state index in [4.69, 9.17) is 10.5 Å². The molecule has 22 heavy (non-hydrogen) atoms. The number of hydrogen-bond donors (Lipinski definition) is 1. The summed E-state index contributed by atoms with van der Waals surface area (Å²) in [6.45, 7) is 0.0688. The number of amides is 1. The van der Waals surface area contributed by atoms with Crippen LogP contribution in [0.5, 0.6) is 5.75 Å². The lowest BCUT2D eigenvalue weighted by Crippen LogP contribution is -2.35. The van der Waals surface area contributed by atoms with E-state index in [1.165, 1.54) is 0 Å². The lowest BCUT2D eigenvalue weighted by atomic mass is 10.1. The molecule has 110 valence electrons. The van der Waals surface area contributed by atoms with Gasteiger partial charge in [-0.3, -0.25) is 9.20 Å². The first-order chi connectivity index (χ1) is 10.6. The predicted octanol–water partition coefficient (Wildman–Crippen LogP) is 1.94. The summed E-state index contributed by atoms with van der Waals surface area (Å²) in [5, 5.41) is 0. The van der Waals surface area contributed by atoms with Crippen LogP contribution < -0.4 is 15.4 Å². The molecule has 0 atom stereocenters. The number of benzene rings is 1. The average molecular weight is 294 g/mol. The molecule has 1 aromatic carbocycles. The molecule has 6 heteroatoms. The first-order valence-corrected chi connectivity index (χ1v) is 6.91. The molecule has 0 saturated carbocycles. The van der Waals surface area contributed by atoms with E-state index in [0.717, 1.165) is 16.9 Å². The summed E-state index contributed by atoms with van der Waals surface area (Å²) in [5.41, 5.74) is 9.26. The van der Waals surface area contributed by atoms with Crippen LogP contribution in [0.1, 0.15) is 0 Å². The van der Waals surface area contributed by atoms with Crippen LogP contribution in [0.4, 0.5) is 11.5 Å². The van der Waals surface area contributed by atoms with E-state index >= 15 is 0 Å². The summed E-state index contributed by atoms with van der Waals surface area (Å²) < 4.78 is 7.27. The Morgan fingerprint density at radius 1 is 1.27 bits per heavy atom. The Morgan fingerprint density at radius 3 is 2.95 bits per heavy atom. The molecule has 4 rings (SSSR count). The molecule has 0 bridgehead atoms. The van der Waals surface area contributed by atoms with Gasteiger partial charge >= 0.3 is 0 Å². The summed E-state index contributed by atoms with van der Waals surface area (Å²) in [4.78, 5) is 17.9. The van der Waals surface area contributed by atoms with Crippen LogP contribution in [0.2, 0.25) is 0 Å². The quantitative estimate of drug-likeness (QED) is 0.744. The average Bonchev–Trinajstić information content (AvgIpc) is 2.88. The Balaban J connectivity index is 1.89. The third-order valence-electron chi connectivity index (χ3n) is 3.89. The molecular formula is C16H14N4O2. The van der Waals surface area contributed by atoms with Crippen LogP contribution in [-0.2, 0) is 4.79 Å². The second-order valence-electron chi connectivity index (χ2n) is 5.20. The Hall–Kier alpha value is -3.02. The maximum Gasteiger partial charge on any atom is 0.264 e. The summed E-state index contributed by atoms with van der Waals surface area (Å²) in [7, 11) is 1.74. The van der Waals surface area contributed by atoms with Crippen LogP contribution in [0, 0.1) is 0 Å². The minimum Gasteiger partial charge on any atom is -0.482 e. The standard InChI is InChI=1S/C16H14N4O2/c1-19-11-8-10(5-6-12(11)22-9-14(19)21)15-16(17)20-7-3-2-4-13(20)18-15/h2-8H,9,17H2,1H3. The van der Waals surface area contributed by atoms with E-state index in [1.807, 2.05) is 47.0 Å². The van der Waals surface area contributed by atoms with Crippen LogP contribution >= 0.6 is 0 Å². The smallest absolute Gasteiger partial charge is 0.264 e. The van der Waals surface area contributed by atoms with Crippen molar-refractivity contribution in [3.8, 4) is 17.0 Å². The minimum atomic E-state index is -0.0763. The Morgan fingerprint density at radius 2 is 2.14 bits per heavy atom. The van der Waals surface area contributed by atoms with Gasteiger partial charge in [-0.25, -0.2) is 4.98 Å². The zero-order chi connectivity index (χ0) is 15.3. The Kier molecular flexibility index (Phi) is 2.59. The molecule has 0 saturated heterocycles. The molecule has 0 fully saturated rings. The van der Waals surface area contributed by atoms with Crippen molar-refractivity contribution in [1.82, 2.24) is 9.38 Å². The number of anilines is 2. The molecule has 2 aromatic heterocycles. The molecular weight excluding hydrogens is 280 g/mol. The molecule has 1 aliphatic rings. The molecule has 6 nitrogen and oxygen atoms in total. The molecule has 2 N–H and O–H groups in total. The maximum atomic E-state index is 11.8. The fraction of sp³-hybridized carbons (Fsp3) is 0.125. The zero-order valence-corrected chi connectivity index (χ0v) is 12.0. The largest absolute Gasteiger partial charge is 0.482 e. The molecule has 1 aliphatic heterocycles. The Labute approximate surface area is 126 Å². The second kappa shape index (κ2) is 4.49. The molecule has 3 heterocycles. The SMILES string of the molecule is CN1C(=O)COc2ccc(-c3nc4ccccn4c3N)cc21. The minimum absolute atomic E-state index is 0.0688. The van der Waals surface area contributed by atoms with Crippen LogP contribution in [0.25, 0.3) is 16.9 Å². The second-order valence-corrected chi connectivity index (χ2v) is 5.20. The van der Waals surface area contributed by atoms with Gasteiger partial charge in [-0.15, -0.1) is 0 Å². The van der Waals surface area contributed by atoms with E-state index in [-0.39, 0.29) is 12.5 Å². The van der Waals surface area contributed by atoms with Crippen LogP contribution in [0.3, 0.4) is 0 Å². The van der Waals surface area contributed by atoms with Gasteiger partial charge in [-0.05, 0) is 30.3 Å². The van der Waals surface area contributed by atoms with E-state index in [9.17, 15) is 4.79 Å². The number of rotatable bonds is 1. The maximum absolute atomic E-state index is 11.8. The number of nitrogens with two attached hydrogens (primary N) is 1. The van der Waals surface area contributed by atoms with E-state index < -0.39 is 0 Å². The van der Waals surface area contributed by atoms with Crippen molar-refractivity contribution in [1.29, 1.82) is 0 Å². The van der Waals surface area contributed by atoms with Gasteiger partial charge in [0.2, 0.25) is 0 Å². The van der Waals surface area contributed by atoms with Crippen LogP contribution in [0.15, 0.2) is 42.6 Å². The third-order valence-corrected chi connectivity index (χ3v) is 3.89. The van der Waals surface area contributed by atoms with E-state index in [2.05, 4.69) is 4.98 Å². The van der Waals surface area contributed by atoms with Gasteiger partial charge in [0.05, 0.1) is 5.69 Å². The highest BCUT2D eigenvalue weighted by atomic mass is 16.5. The molecule has 0 radical (unpaired) electrons. The lowest BCUT2D eigenvalue weighted by molar-refractivity contribution is -0.120. The number of imidazole rings is 1. The van der Waals surface area contributed by atoms with Crippen molar-refractivity contribution in [2.24, 2.45) is 0 Å². The highest BCUT2D eigenvalue weighted by Gasteiger charge is 2.23.